The van der Waals surface area contributed by atoms with Gasteiger partial charge in [-0.25, -0.2) is 0 Å². The van der Waals surface area contributed by atoms with Gasteiger partial charge in [0.05, 0.1) is 12.7 Å². The molecule has 0 aromatic heterocycles. The van der Waals surface area contributed by atoms with Crippen molar-refractivity contribution in [2.24, 2.45) is 46.8 Å². The van der Waals surface area contributed by atoms with Gasteiger partial charge in [0.1, 0.15) is 17.7 Å². The van der Waals surface area contributed by atoms with Crippen molar-refractivity contribution in [2.75, 3.05) is 13.2 Å². The molecule has 41 heavy (non-hydrogen) atoms. The van der Waals surface area contributed by atoms with Crippen molar-refractivity contribution in [1.29, 1.82) is 0 Å². The molecule has 11 atom stereocenters. The summed E-state index contributed by atoms with van der Waals surface area (Å²) in [6.07, 6.45) is 10.6. The van der Waals surface area contributed by atoms with Gasteiger partial charge in [-0.2, -0.15) is 5.06 Å². The number of nitrogens with one attached hydrogen (secondary N) is 1. The highest BCUT2D eigenvalue weighted by molar-refractivity contribution is 5.82. The highest BCUT2D eigenvalue weighted by Crippen LogP contribution is 2.61. The number of rotatable bonds is 7. The van der Waals surface area contributed by atoms with Crippen LogP contribution in [0, 0.1) is 58.7 Å². The van der Waals surface area contributed by atoms with Gasteiger partial charge in [0.2, 0.25) is 5.91 Å². The number of aliphatic hydroxyl groups is 3. The number of amides is 1. The van der Waals surface area contributed by atoms with Crippen LogP contribution < -0.4 is 5.32 Å². The first-order chi connectivity index (χ1) is 19.4. The van der Waals surface area contributed by atoms with Gasteiger partial charge in [-0.1, -0.05) is 58.3 Å². The summed E-state index contributed by atoms with van der Waals surface area (Å²) in [5, 5.41) is 37.1. The zero-order valence-corrected chi connectivity index (χ0v) is 26.1. The number of aliphatic hydroxyl groups excluding tert-OH is 2. The highest BCUT2D eigenvalue weighted by atomic mass is 16.7. The van der Waals surface area contributed by atoms with Gasteiger partial charge in [0.25, 0.3) is 0 Å². The molecule has 0 aromatic carbocycles. The molecule has 5 saturated carbocycles. The minimum atomic E-state index is -0.931. The first kappa shape index (κ1) is 31.3. The maximum atomic E-state index is 13.9. The second-order valence-electron chi connectivity index (χ2n) is 15.2. The van der Waals surface area contributed by atoms with Crippen molar-refractivity contribution in [3.05, 3.63) is 0 Å². The Hall–Kier alpha value is -1.17. The lowest BCUT2D eigenvalue weighted by Crippen LogP contribution is -2.62. The summed E-state index contributed by atoms with van der Waals surface area (Å²) in [4.78, 5) is 20.1. The number of hydrogen-bond donors (Lipinski definition) is 4. The van der Waals surface area contributed by atoms with Crippen LogP contribution in [0.25, 0.3) is 0 Å². The van der Waals surface area contributed by atoms with Gasteiger partial charge in [0.15, 0.2) is 0 Å². The molecular weight excluding hydrogens is 516 g/mol. The molecule has 1 heterocycles. The summed E-state index contributed by atoms with van der Waals surface area (Å²) < 4.78 is 0. The highest BCUT2D eigenvalue weighted by Gasteiger charge is 2.57. The Morgan fingerprint density at radius 2 is 1.85 bits per heavy atom. The SMILES string of the molecule is C[C@@H]1[C@@H](NC(=O)[C@@H]2C([C@H](C)O)[C@H](CO)ON2CC2CCCC(C#CC(C)(O)C3CCCCC3)C2)C[C@H]2C[C@@H]1C2(C)C. The quantitative estimate of drug-likeness (QED) is 0.340. The Balaban J connectivity index is 1.25. The van der Waals surface area contributed by atoms with Crippen LogP contribution in [0.15, 0.2) is 0 Å². The molecule has 7 heteroatoms. The largest absolute Gasteiger partial charge is 0.394 e. The fourth-order valence-electron chi connectivity index (χ4n) is 9.36. The number of hydrogen-bond acceptors (Lipinski definition) is 6. The van der Waals surface area contributed by atoms with Gasteiger partial charge in [-0.05, 0) is 93.8 Å². The number of fused-ring (bicyclic) bond motifs is 2. The van der Waals surface area contributed by atoms with E-state index in [1.807, 2.05) is 6.92 Å². The third-order valence-corrected chi connectivity index (χ3v) is 12.2. The molecule has 0 spiro atoms. The molecular formula is C34H56N2O5. The Morgan fingerprint density at radius 3 is 2.49 bits per heavy atom. The molecule has 1 saturated heterocycles. The van der Waals surface area contributed by atoms with Gasteiger partial charge in [-0.3, -0.25) is 9.63 Å². The summed E-state index contributed by atoms with van der Waals surface area (Å²) in [5.74, 6) is 8.60. The molecule has 6 fully saturated rings. The van der Waals surface area contributed by atoms with E-state index in [2.05, 4.69) is 37.9 Å². The second-order valence-corrected chi connectivity index (χ2v) is 15.2. The average molecular weight is 573 g/mol. The van der Waals surface area contributed by atoms with Gasteiger partial charge < -0.3 is 20.6 Å². The molecule has 5 aliphatic carbocycles. The number of hydroxylamine groups is 2. The van der Waals surface area contributed by atoms with Crippen molar-refractivity contribution in [2.45, 2.75) is 135 Å². The van der Waals surface area contributed by atoms with Crippen LogP contribution in [0.3, 0.4) is 0 Å². The van der Waals surface area contributed by atoms with Crippen LogP contribution in [-0.4, -0.2) is 69.3 Å². The minimum Gasteiger partial charge on any atom is -0.394 e. The molecule has 6 rings (SSSR count). The van der Waals surface area contributed by atoms with E-state index in [9.17, 15) is 20.1 Å². The van der Waals surface area contributed by atoms with Crippen LogP contribution in [0.2, 0.25) is 0 Å². The van der Waals surface area contributed by atoms with E-state index in [-0.39, 0.29) is 30.4 Å². The van der Waals surface area contributed by atoms with Crippen LogP contribution in [0.5, 0.6) is 0 Å². The van der Waals surface area contributed by atoms with Crippen molar-refractivity contribution in [1.82, 2.24) is 10.4 Å². The third-order valence-electron chi connectivity index (χ3n) is 12.2. The molecule has 2 bridgehead atoms. The summed E-state index contributed by atoms with van der Waals surface area (Å²) in [6.45, 7) is 10.9. The first-order valence-electron chi connectivity index (χ1n) is 16.7. The lowest BCUT2D eigenvalue weighted by Gasteiger charge is -2.62. The van der Waals surface area contributed by atoms with E-state index in [4.69, 9.17) is 4.84 Å². The molecule has 6 aliphatic rings. The third kappa shape index (κ3) is 6.38. The Kier molecular flexibility index (Phi) is 9.49. The van der Waals surface area contributed by atoms with Crippen molar-refractivity contribution in [3.63, 3.8) is 0 Å². The second kappa shape index (κ2) is 12.4. The zero-order valence-electron chi connectivity index (χ0n) is 26.1. The Labute approximate surface area is 248 Å². The number of carbonyl (C=O) groups is 1. The van der Waals surface area contributed by atoms with E-state index in [0.717, 1.165) is 44.9 Å². The Morgan fingerprint density at radius 1 is 1.12 bits per heavy atom. The molecule has 0 aromatic rings. The first-order valence-corrected chi connectivity index (χ1v) is 16.7. The molecule has 1 aliphatic heterocycles. The minimum absolute atomic E-state index is 0.0847. The monoisotopic (exact) mass is 572 g/mol. The molecule has 0 radical (unpaired) electrons. The average Bonchev–Trinajstić information content (AvgIpc) is 3.32. The Bertz CT molecular complexity index is 979. The molecule has 232 valence electrons. The van der Waals surface area contributed by atoms with E-state index in [1.165, 1.54) is 25.7 Å². The molecule has 1 amide bonds. The maximum absolute atomic E-state index is 13.9. The zero-order chi connectivity index (χ0) is 29.5. The topological polar surface area (TPSA) is 102 Å². The molecule has 7 nitrogen and oxygen atoms in total. The summed E-state index contributed by atoms with van der Waals surface area (Å²) in [7, 11) is 0. The van der Waals surface area contributed by atoms with Crippen molar-refractivity contribution < 1.29 is 25.0 Å². The summed E-state index contributed by atoms with van der Waals surface area (Å²) in [6, 6.07) is -0.501. The van der Waals surface area contributed by atoms with Crippen LogP contribution in [0.4, 0.5) is 0 Å². The van der Waals surface area contributed by atoms with Crippen LogP contribution in [0.1, 0.15) is 105 Å². The van der Waals surface area contributed by atoms with Gasteiger partial charge in [0, 0.05) is 24.4 Å². The van der Waals surface area contributed by atoms with Crippen LogP contribution in [-0.2, 0) is 9.63 Å². The van der Waals surface area contributed by atoms with E-state index < -0.39 is 29.8 Å². The van der Waals surface area contributed by atoms with Gasteiger partial charge >= 0.3 is 0 Å². The number of nitrogens with zero attached hydrogens (tertiary/aromatic N) is 1. The predicted molar refractivity (Wildman–Crippen MR) is 159 cm³/mol. The lowest BCUT2D eigenvalue weighted by molar-refractivity contribution is -0.184. The van der Waals surface area contributed by atoms with Crippen molar-refractivity contribution in [3.8, 4) is 11.8 Å². The van der Waals surface area contributed by atoms with Gasteiger partial charge in [-0.15, -0.1) is 0 Å². The standard InChI is InChI=1S/C34H56N2O5/c1-21-27-17-26(33(27,3)4)18-28(21)35-32(39)31-30(22(2)38)29(20-37)41-36(31)19-24-11-9-10-23(16-24)14-15-34(5,40)25-12-7-6-8-13-25/h21-31,37-38,40H,6-13,16-20H2,1-5H3,(H,35,39)/t21-,22-,23?,24?,26+,27-,28-,29-,30?,31-,34?/m0/s1. The molecule has 4 unspecified atom stereocenters. The lowest BCUT2D eigenvalue weighted by atomic mass is 9.45. The van der Waals surface area contributed by atoms with Crippen LogP contribution >= 0.6 is 0 Å². The van der Waals surface area contributed by atoms with Crippen molar-refractivity contribution >= 4 is 5.91 Å². The summed E-state index contributed by atoms with van der Waals surface area (Å²) in [5.41, 5.74) is -0.586. The normalized spacial score (nSPS) is 41.4. The van der Waals surface area contributed by atoms with E-state index >= 15 is 0 Å². The maximum Gasteiger partial charge on any atom is 0.240 e. The number of carbonyl (C=O) groups excluding carboxylic acids is 1. The van der Waals surface area contributed by atoms with E-state index in [0.29, 0.717) is 35.6 Å². The smallest absolute Gasteiger partial charge is 0.240 e. The summed E-state index contributed by atoms with van der Waals surface area (Å²) >= 11 is 0. The fraction of sp³-hybridized carbons (Fsp3) is 0.912. The fourth-order valence-corrected chi connectivity index (χ4v) is 9.36. The van der Waals surface area contributed by atoms with E-state index in [1.54, 1.807) is 12.0 Å². The predicted octanol–water partition coefficient (Wildman–Crippen LogP) is 4.29. The molecule has 4 N–H and O–H groups in total.